The van der Waals surface area contributed by atoms with Crippen molar-refractivity contribution in [1.29, 1.82) is 0 Å². The minimum atomic E-state index is 1.11. The van der Waals surface area contributed by atoms with Gasteiger partial charge in [0.1, 0.15) is 0 Å². The predicted molar refractivity (Wildman–Crippen MR) is 51.1 cm³/mol. The van der Waals surface area contributed by atoms with E-state index in [9.17, 15) is 0 Å². The molecule has 1 heterocycles. The van der Waals surface area contributed by atoms with Gasteiger partial charge < -0.3 is 0 Å². The topological polar surface area (TPSA) is 12.9 Å². The summed E-state index contributed by atoms with van der Waals surface area (Å²) in [7, 11) is 0. The highest BCUT2D eigenvalue weighted by atomic mass is 14.6. The van der Waals surface area contributed by atoms with Crippen LogP contribution in [0.15, 0.2) is 12.3 Å². The highest BCUT2D eigenvalue weighted by Gasteiger charge is 1.99. The maximum Gasteiger partial charge on any atom is 0.0923 e. The first kappa shape index (κ1) is 9.24. The summed E-state index contributed by atoms with van der Waals surface area (Å²) in [5, 5.41) is 0. The second-order valence-electron chi connectivity index (χ2n) is 3.06. The Hall–Kier alpha value is -0.850. The molecule has 0 bridgehead atoms. The Kier molecular flexibility index (Phi) is 3.78. The van der Waals surface area contributed by atoms with Gasteiger partial charge in [0.15, 0.2) is 0 Å². The molecule has 0 N–H and O–H groups in total. The van der Waals surface area contributed by atoms with Crippen LogP contribution in [0.2, 0.25) is 0 Å². The van der Waals surface area contributed by atoms with Crippen molar-refractivity contribution in [2.45, 2.75) is 39.5 Å². The molecule has 1 aromatic rings. The lowest BCUT2D eigenvalue weighted by molar-refractivity contribution is 0.851. The van der Waals surface area contributed by atoms with Crippen molar-refractivity contribution in [2.24, 2.45) is 0 Å². The third-order valence-electron chi connectivity index (χ3n) is 1.96. The van der Waals surface area contributed by atoms with Gasteiger partial charge in [-0.25, -0.2) is 0 Å². The smallest absolute Gasteiger partial charge is 0.0923 e. The number of rotatable bonds is 4. The zero-order chi connectivity index (χ0) is 8.81. The average molecular weight is 162 g/mol. The van der Waals surface area contributed by atoms with Gasteiger partial charge in [-0.05, 0) is 30.0 Å². The summed E-state index contributed by atoms with van der Waals surface area (Å²) >= 11 is 0. The summed E-state index contributed by atoms with van der Waals surface area (Å²) in [6.07, 6.45) is 9.57. The van der Waals surface area contributed by atoms with Gasteiger partial charge in [-0.3, -0.25) is 4.98 Å². The van der Waals surface area contributed by atoms with Crippen LogP contribution in [-0.2, 0) is 12.8 Å². The van der Waals surface area contributed by atoms with Crippen molar-refractivity contribution >= 4 is 0 Å². The molecule has 0 aliphatic heterocycles. The number of pyridine rings is 1. The number of hydrogen-bond acceptors (Lipinski definition) is 1. The summed E-state index contributed by atoms with van der Waals surface area (Å²) in [5.74, 6) is 0. The largest absolute Gasteiger partial charge is 0.254 e. The molecule has 65 valence electrons. The van der Waals surface area contributed by atoms with Crippen LogP contribution in [-0.4, -0.2) is 4.98 Å². The molecule has 1 aromatic heterocycles. The summed E-state index contributed by atoms with van der Waals surface area (Å²) in [6, 6.07) is 2.12. The second-order valence-corrected chi connectivity index (χ2v) is 3.06. The molecule has 0 atom stereocenters. The maximum absolute atomic E-state index is 4.02. The standard InChI is InChI=1S/C11H16N/c1-3-5-10-7-8-12-9-11(10)6-4-2/h7-8H,3-6H2,1-2H3. The molecule has 1 radical (unpaired) electrons. The predicted octanol–water partition coefficient (Wildman–Crippen LogP) is 2.79. The van der Waals surface area contributed by atoms with Gasteiger partial charge in [-0.1, -0.05) is 26.7 Å². The van der Waals surface area contributed by atoms with E-state index in [2.05, 4.69) is 31.1 Å². The molecule has 0 saturated carbocycles. The Balaban J connectivity index is 2.77. The number of nitrogens with zero attached hydrogens (tertiary/aromatic N) is 1. The van der Waals surface area contributed by atoms with Crippen molar-refractivity contribution in [1.82, 2.24) is 4.98 Å². The van der Waals surface area contributed by atoms with Crippen LogP contribution in [0.25, 0.3) is 0 Å². The van der Waals surface area contributed by atoms with Gasteiger partial charge in [0, 0.05) is 6.20 Å². The summed E-state index contributed by atoms with van der Waals surface area (Å²) in [5.41, 5.74) is 2.73. The maximum atomic E-state index is 4.02. The van der Waals surface area contributed by atoms with Crippen LogP contribution in [0.5, 0.6) is 0 Å². The molecule has 0 amide bonds. The number of aryl methyl sites for hydroxylation is 2. The van der Waals surface area contributed by atoms with E-state index in [1.165, 1.54) is 24.0 Å². The van der Waals surface area contributed by atoms with Gasteiger partial charge in [-0.15, -0.1) is 0 Å². The Morgan fingerprint density at radius 2 is 2.00 bits per heavy atom. The van der Waals surface area contributed by atoms with Gasteiger partial charge in [0.25, 0.3) is 0 Å². The monoisotopic (exact) mass is 162 g/mol. The highest BCUT2D eigenvalue weighted by Crippen LogP contribution is 2.10. The normalized spacial score (nSPS) is 10.2. The Bertz CT molecular complexity index is 205. The fourth-order valence-electron chi connectivity index (χ4n) is 1.38. The molecule has 1 rings (SSSR count). The molecular weight excluding hydrogens is 146 g/mol. The van der Waals surface area contributed by atoms with Crippen molar-refractivity contribution in [3.63, 3.8) is 0 Å². The Labute approximate surface area is 74.8 Å². The third-order valence-corrected chi connectivity index (χ3v) is 1.96. The first-order valence-electron chi connectivity index (χ1n) is 4.73. The van der Waals surface area contributed by atoms with E-state index in [1.807, 2.05) is 6.20 Å². The van der Waals surface area contributed by atoms with E-state index in [1.54, 1.807) is 0 Å². The van der Waals surface area contributed by atoms with Gasteiger partial charge in [0.2, 0.25) is 0 Å². The first-order valence-corrected chi connectivity index (χ1v) is 4.73. The van der Waals surface area contributed by atoms with E-state index in [4.69, 9.17) is 0 Å². The van der Waals surface area contributed by atoms with Crippen LogP contribution in [0, 0.1) is 6.20 Å². The van der Waals surface area contributed by atoms with Gasteiger partial charge in [-0.2, -0.15) is 0 Å². The number of aromatic nitrogens is 1. The molecule has 1 heteroatoms. The molecule has 1 nitrogen and oxygen atoms in total. The fourth-order valence-corrected chi connectivity index (χ4v) is 1.38. The fraction of sp³-hybridized carbons (Fsp3) is 0.545. The molecule has 0 aliphatic carbocycles. The van der Waals surface area contributed by atoms with Crippen LogP contribution in [0.1, 0.15) is 37.8 Å². The minimum absolute atomic E-state index is 1.11. The summed E-state index contributed by atoms with van der Waals surface area (Å²) in [6.45, 7) is 4.40. The van der Waals surface area contributed by atoms with E-state index in [0.717, 1.165) is 12.8 Å². The van der Waals surface area contributed by atoms with E-state index < -0.39 is 0 Å². The van der Waals surface area contributed by atoms with E-state index in [-0.39, 0.29) is 0 Å². The van der Waals surface area contributed by atoms with Crippen molar-refractivity contribution < 1.29 is 0 Å². The van der Waals surface area contributed by atoms with Crippen LogP contribution in [0.4, 0.5) is 0 Å². The lowest BCUT2D eigenvalue weighted by Gasteiger charge is -2.04. The Morgan fingerprint density at radius 3 is 2.67 bits per heavy atom. The molecule has 0 spiro atoms. The summed E-state index contributed by atoms with van der Waals surface area (Å²) < 4.78 is 0. The molecule has 0 aliphatic rings. The molecule has 0 unspecified atom stereocenters. The Morgan fingerprint density at radius 1 is 1.25 bits per heavy atom. The zero-order valence-electron chi connectivity index (χ0n) is 7.93. The van der Waals surface area contributed by atoms with Crippen molar-refractivity contribution in [3.8, 4) is 0 Å². The molecule has 0 aromatic carbocycles. The summed E-state index contributed by atoms with van der Waals surface area (Å²) in [4.78, 5) is 4.02. The molecule has 0 saturated heterocycles. The molecule has 12 heavy (non-hydrogen) atoms. The van der Waals surface area contributed by atoms with Crippen molar-refractivity contribution in [2.75, 3.05) is 0 Å². The van der Waals surface area contributed by atoms with E-state index >= 15 is 0 Å². The average Bonchev–Trinajstić information content (AvgIpc) is 2.09. The number of hydrogen-bond donors (Lipinski definition) is 0. The lowest BCUT2D eigenvalue weighted by Crippen LogP contribution is -1.94. The highest BCUT2D eigenvalue weighted by molar-refractivity contribution is 5.22. The zero-order valence-corrected chi connectivity index (χ0v) is 7.93. The quantitative estimate of drug-likeness (QED) is 0.663. The SMILES string of the molecule is CCCc1[c]nccc1CCC. The molecule has 0 fully saturated rings. The van der Waals surface area contributed by atoms with Gasteiger partial charge >= 0.3 is 0 Å². The van der Waals surface area contributed by atoms with Crippen LogP contribution < -0.4 is 0 Å². The third kappa shape index (κ3) is 2.33. The first-order chi connectivity index (χ1) is 5.88. The van der Waals surface area contributed by atoms with Crippen LogP contribution in [0.3, 0.4) is 0 Å². The molecular formula is C11H16N. The van der Waals surface area contributed by atoms with Crippen molar-refractivity contribution in [3.05, 3.63) is 29.6 Å². The van der Waals surface area contributed by atoms with Gasteiger partial charge in [0.05, 0.1) is 6.20 Å². The second kappa shape index (κ2) is 4.91. The van der Waals surface area contributed by atoms with Crippen LogP contribution >= 0.6 is 0 Å². The lowest BCUT2D eigenvalue weighted by atomic mass is 10.0. The van der Waals surface area contributed by atoms with E-state index in [0.29, 0.717) is 0 Å². The minimum Gasteiger partial charge on any atom is -0.254 e.